The van der Waals surface area contributed by atoms with Crippen LogP contribution in [0.25, 0.3) is 0 Å². The molecule has 20 heavy (non-hydrogen) atoms. The van der Waals surface area contributed by atoms with Crippen molar-refractivity contribution < 1.29 is 9.18 Å². The number of rotatable bonds is 4. The first-order valence-electron chi connectivity index (χ1n) is 6.45. The highest BCUT2D eigenvalue weighted by Gasteiger charge is 2.17. The number of aromatic nitrogens is 2. The number of carbonyl (C=O) groups excluding carboxylic acids is 1. The van der Waals surface area contributed by atoms with Crippen LogP contribution in [0.4, 0.5) is 4.39 Å². The second kappa shape index (κ2) is 5.75. The molecule has 0 atom stereocenters. The molecule has 1 aromatic carbocycles. The smallest absolute Gasteiger partial charge is 0.166 e. The summed E-state index contributed by atoms with van der Waals surface area (Å²) in [7, 11) is 0. The molecule has 0 bridgehead atoms. The van der Waals surface area contributed by atoms with Gasteiger partial charge in [0.2, 0.25) is 0 Å². The number of Topliss-reactive ketones (excluding diaryl/α,β-unsaturated/α-hetero) is 1. The summed E-state index contributed by atoms with van der Waals surface area (Å²) in [5.74, 6) is -0.353. The zero-order chi connectivity index (χ0) is 14.9. The van der Waals surface area contributed by atoms with Crippen molar-refractivity contribution in [2.75, 3.05) is 0 Å². The lowest BCUT2D eigenvalue weighted by atomic mass is 10.1. The van der Waals surface area contributed by atoms with Gasteiger partial charge in [0, 0.05) is 12.1 Å². The van der Waals surface area contributed by atoms with Gasteiger partial charge in [0.05, 0.1) is 22.8 Å². The molecule has 2 aromatic rings. The molecule has 0 aliphatic carbocycles. The third-order valence-electron chi connectivity index (χ3n) is 3.30. The van der Waals surface area contributed by atoms with Gasteiger partial charge < -0.3 is 0 Å². The summed E-state index contributed by atoms with van der Waals surface area (Å²) in [6.45, 7) is 5.99. The van der Waals surface area contributed by atoms with Crippen molar-refractivity contribution >= 4 is 17.4 Å². The summed E-state index contributed by atoms with van der Waals surface area (Å²) in [4.78, 5) is 11.9. The first kappa shape index (κ1) is 14.7. The number of halogens is 2. The average molecular weight is 295 g/mol. The molecular weight excluding hydrogens is 279 g/mol. The predicted molar refractivity (Wildman–Crippen MR) is 76.8 cm³/mol. The van der Waals surface area contributed by atoms with Crippen molar-refractivity contribution in [1.29, 1.82) is 0 Å². The van der Waals surface area contributed by atoms with E-state index in [0.717, 1.165) is 17.0 Å². The van der Waals surface area contributed by atoms with E-state index in [2.05, 4.69) is 5.10 Å². The van der Waals surface area contributed by atoms with Gasteiger partial charge >= 0.3 is 0 Å². The SMILES string of the molecule is CCC(=O)c1c(C)nn(Cc2ccc(F)c(Cl)c2)c1C. The third-order valence-corrected chi connectivity index (χ3v) is 3.59. The van der Waals surface area contributed by atoms with Crippen molar-refractivity contribution in [2.24, 2.45) is 0 Å². The molecule has 5 heteroatoms. The van der Waals surface area contributed by atoms with Gasteiger partial charge in [-0.2, -0.15) is 5.10 Å². The van der Waals surface area contributed by atoms with Crippen LogP contribution < -0.4 is 0 Å². The molecule has 1 aromatic heterocycles. The van der Waals surface area contributed by atoms with Gasteiger partial charge in [0.1, 0.15) is 5.82 Å². The molecule has 0 amide bonds. The summed E-state index contributed by atoms with van der Waals surface area (Å²) in [6.07, 6.45) is 0.454. The van der Waals surface area contributed by atoms with Crippen molar-refractivity contribution in [3.05, 3.63) is 51.6 Å². The Morgan fingerprint density at radius 2 is 2.10 bits per heavy atom. The number of benzene rings is 1. The van der Waals surface area contributed by atoms with E-state index in [1.165, 1.54) is 6.07 Å². The largest absolute Gasteiger partial charge is 0.294 e. The lowest BCUT2D eigenvalue weighted by Gasteiger charge is -2.06. The van der Waals surface area contributed by atoms with Gasteiger partial charge in [0.15, 0.2) is 5.78 Å². The molecule has 0 saturated carbocycles. The van der Waals surface area contributed by atoms with Gasteiger partial charge in [-0.1, -0.05) is 24.6 Å². The van der Waals surface area contributed by atoms with Crippen LogP contribution in [-0.4, -0.2) is 15.6 Å². The molecule has 0 aliphatic heterocycles. The normalized spacial score (nSPS) is 10.8. The van der Waals surface area contributed by atoms with Crippen molar-refractivity contribution in [1.82, 2.24) is 9.78 Å². The fourth-order valence-electron chi connectivity index (χ4n) is 2.24. The number of carbonyl (C=O) groups is 1. The van der Waals surface area contributed by atoms with Crippen molar-refractivity contribution in [3.63, 3.8) is 0 Å². The number of hydrogen-bond acceptors (Lipinski definition) is 2. The topological polar surface area (TPSA) is 34.9 Å². The summed E-state index contributed by atoms with van der Waals surface area (Å²) in [5.41, 5.74) is 3.08. The monoisotopic (exact) mass is 294 g/mol. The van der Waals surface area contributed by atoms with Crippen LogP contribution in [0, 0.1) is 19.7 Å². The van der Waals surface area contributed by atoms with E-state index < -0.39 is 5.82 Å². The highest BCUT2D eigenvalue weighted by molar-refractivity contribution is 6.30. The van der Waals surface area contributed by atoms with Gasteiger partial charge in [-0.3, -0.25) is 9.48 Å². The molecule has 0 N–H and O–H groups in total. The first-order valence-corrected chi connectivity index (χ1v) is 6.83. The lowest BCUT2D eigenvalue weighted by molar-refractivity contribution is 0.0987. The fourth-order valence-corrected chi connectivity index (χ4v) is 2.45. The molecule has 106 valence electrons. The highest BCUT2D eigenvalue weighted by atomic mass is 35.5. The van der Waals surface area contributed by atoms with E-state index in [9.17, 15) is 9.18 Å². The molecule has 0 spiro atoms. The van der Waals surface area contributed by atoms with Gasteiger partial charge in [-0.15, -0.1) is 0 Å². The third kappa shape index (κ3) is 2.75. The number of hydrogen-bond donors (Lipinski definition) is 0. The van der Waals surface area contributed by atoms with Crippen molar-refractivity contribution in [3.8, 4) is 0 Å². The summed E-state index contributed by atoms with van der Waals surface area (Å²) < 4.78 is 14.9. The Hall–Kier alpha value is -1.68. The maximum atomic E-state index is 13.1. The van der Waals surface area contributed by atoms with Gasteiger partial charge in [0.25, 0.3) is 0 Å². The Morgan fingerprint density at radius 3 is 2.70 bits per heavy atom. The van der Waals surface area contributed by atoms with Gasteiger partial charge in [-0.25, -0.2) is 4.39 Å². The fraction of sp³-hybridized carbons (Fsp3) is 0.333. The molecule has 1 heterocycles. The second-order valence-electron chi connectivity index (χ2n) is 4.73. The van der Waals surface area contributed by atoms with Crippen LogP contribution >= 0.6 is 11.6 Å². The molecule has 0 aliphatic rings. The van der Waals surface area contributed by atoms with Crippen LogP contribution in [0.5, 0.6) is 0 Å². The Morgan fingerprint density at radius 1 is 1.40 bits per heavy atom. The zero-order valence-corrected chi connectivity index (χ0v) is 12.5. The van der Waals surface area contributed by atoms with Crippen LogP contribution in [0.2, 0.25) is 5.02 Å². The minimum Gasteiger partial charge on any atom is -0.294 e. The van der Waals surface area contributed by atoms with Crippen LogP contribution in [-0.2, 0) is 6.54 Å². The molecule has 0 fully saturated rings. The second-order valence-corrected chi connectivity index (χ2v) is 5.14. The summed E-state index contributed by atoms with van der Waals surface area (Å²) in [6, 6.07) is 4.58. The minimum absolute atomic E-state index is 0.0865. The van der Waals surface area contributed by atoms with Crippen molar-refractivity contribution in [2.45, 2.75) is 33.7 Å². The Bertz CT molecular complexity index is 664. The quantitative estimate of drug-likeness (QED) is 0.801. The van der Waals surface area contributed by atoms with Crippen LogP contribution in [0.15, 0.2) is 18.2 Å². The van der Waals surface area contributed by atoms with E-state index in [4.69, 9.17) is 11.6 Å². The van der Waals surface area contributed by atoms with E-state index in [1.54, 1.807) is 16.8 Å². The lowest BCUT2D eigenvalue weighted by Crippen LogP contribution is -2.06. The molecule has 2 rings (SSSR count). The average Bonchev–Trinajstić information content (AvgIpc) is 2.68. The van der Waals surface area contributed by atoms with Crippen LogP contribution in [0.1, 0.15) is 40.7 Å². The maximum Gasteiger partial charge on any atom is 0.166 e. The van der Waals surface area contributed by atoms with E-state index in [0.29, 0.717) is 18.5 Å². The Kier molecular flexibility index (Phi) is 4.23. The summed E-state index contributed by atoms with van der Waals surface area (Å²) >= 11 is 5.77. The molecule has 0 saturated heterocycles. The zero-order valence-electron chi connectivity index (χ0n) is 11.7. The highest BCUT2D eigenvalue weighted by Crippen LogP contribution is 2.19. The summed E-state index contributed by atoms with van der Waals surface area (Å²) in [5, 5.41) is 4.48. The Balaban J connectivity index is 2.35. The number of nitrogens with zero attached hydrogens (tertiary/aromatic N) is 2. The number of aryl methyl sites for hydroxylation is 1. The Labute approximate surface area is 122 Å². The van der Waals surface area contributed by atoms with Crippen LogP contribution in [0.3, 0.4) is 0 Å². The van der Waals surface area contributed by atoms with E-state index in [1.807, 2.05) is 20.8 Å². The first-order chi connectivity index (χ1) is 9.43. The molecule has 3 nitrogen and oxygen atoms in total. The standard InChI is InChI=1S/C15H16ClFN2O/c1-4-14(20)15-9(2)18-19(10(15)3)8-11-5-6-13(17)12(16)7-11/h5-7H,4,8H2,1-3H3. The number of ketones is 1. The van der Waals surface area contributed by atoms with Gasteiger partial charge in [-0.05, 0) is 31.5 Å². The van der Waals surface area contributed by atoms with E-state index >= 15 is 0 Å². The maximum absolute atomic E-state index is 13.1. The predicted octanol–water partition coefficient (Wildman–Crippen LogP) is 3.93. The molecule has 0 unspecified atom stereocenters. The molecule has 0 radical (unpaired) electrons. The molecular formula is C15H16ClFN2O. The minimum atomic E-state index is -0.439. The van der Waals surface area contributed by atoms with E-state index in [-0.39, 0.29) is 10.8 Å².